The minimum Gasteiger partial charge on any atom is -0.497 e. The van der Waals surface area contributed by atoms with Gasteiger partial charge in [0, 0.05) is 19.1 Å². The molecule has 0 aliphatic carbocycles. The summed E-state index contributed by atoms with van der Waals surface area (Å²) in [6.45, 7) is 1.23. The number of rotatable bonds is 2. The van der Waals surface area contributed by atoms with Gasteiger partial charge in [0.15, 0.2) is 0 Å². The maximum atomic E-state index is 11.7. The third kappa shape index (κ3) is 2.88. The van der Waals surface area contributed by atoms with E-state index in [1.165, 1.54) is 0 Å². The van der Waals surface area contributed by atoms with Crippen LogP contribution in [-0.4, -0.2) is 37.2 Å². The van der Waals surface area contributed by atoms with E-state index in [4.69, 9.17) is 15.2 Å². The highest BCUT2D eigenvalue weighted by Gasteiger charge is 2.24. The van der Waals surface area contributed by atoms with Gasteiger partial charge in [0.25, 0.3) is 0 Å². The molecule has 2 N–H and O–H groups in total. The number of carbonyl (C=O) groups is 1. The van der Waals surface area contributed by atoms with Gasteiger partial charge in [-0.3, -0.25) is 0 Å². The number of hydrogen-bond acceptors (Lipinski definition) is 4. The first-order valence-corrected chi connectivity index (χ1v) is 5.55. The van der Waals surface area contributed by atoms with Gasteiger partial charge in [-0.15, -0.1) is 0 Å². The number of hydrogen-bond donors (Lipinski definition) is 1. The Morgan fingerprint density at radius 2 is 2.00 bits per heavy atom. The van der Waals surface area contributed by atoms with Gasteiger partial charge < -0.3 is 20.1 Å². The average Bonchev–Trinajstić information content (AvgIpc) is 2.77. The molecule has 1 aromatic rings. The average molecular weight is 236 g/mol. The second-order valence-electron chi connectivity index (χ2n) is 4.04. The zero-order chi connectivity index (χ0) is 12.3. The largest absolute Gasteiger partial charge is 0.497 e. The minimum absolute atomic E-state index is 0.0680. The molecule has 0 radical (unpaired) electrons. The topological polar surface area (TPSA) is 64.8 Å². The predicted octanol–water partition coefficient (Wildman–Crippen LogP) is 1.23. The molecule has 5 heteroatoms. The van der Waals surface area contributed by atoms with Crippen LogP contribution in [0.3, 0.4) is 0 Å². The van der Waals surface area contributed by atoms with Gasteiger partial charge in [-0.2, -0.15) is 0 Å². The Morgan fingerprint density at radius 1 is 1.35 bits per heavy atom. The predicted molar refractivity (Wildman–Crippen MR) is 63.2 cm³/mol. The maximum Gasteiger partial charge on any atom is 0.415 e. The summed E-state index contributed by atoms with van der Waals surface area (Å²) in [6, 6.07) is 6.97. The minimum atomic E-state index is -0.344. The van der Waals surface area contributed by atoms with Crippen molar-refractivity contribution in [1.82, 2.24) is 4.90 Å². The number of methoxy groups -OCH3 is 1. The molecule has 0 saturated carbocycles. The monoisotopic (exact) mass is 236 g/mol. The summed E-state index contributed by atoms with van der Waals surface area (Å²) in [6.07, 6.45) is 0.487. The number of likely N-dealkylation sites (tertiary alicyclic amines) is 1. The third-order valence-corrected chi connectivity index (χ3v) is 2.75. The van der Waals surface area contributed by atoms with E-state index in [0.717, 1.165) is 12.2 Å². The van der Waals surface area contributed by atoms with Crippen LogP contribution in [0.4, 0.5) is 4.79 Å². The molecule has 1 atom stereocenters. The lowest BCUT2D eigenvalue weighted by Gasteiger charge is -2.15. The van der Waals surface area contributed by atoms with E-state index in [2.05, 4.69) is 0 Å². The summed E-state index contributed by atoms with van der Waals surface area (Å²) in [5, 5.41) is 0. The zero-order valence-electron chi connectivity index (χ0n) is 9.76. The number of carbonyl (C=O) groups excluding carboxylic acids is 1. The quantitative estimate of drug-likeness (QED) is 0.838. The van der Waals surface area contributed by atoms with Crippen molar-refractivity contribution in [3.63, 3.8) is 0 Å². The van der Waals surface area contributed by atoms with Gasteiger partial charge >= 0.3 is 6.09 Å². The molecule has 1 fully saturated rings. The number of nitrogens with two attached hydrogens (primary N) is 1. The first-order valence-electron chi connectivity index (χ1n) is 5.55. The first-order chi connectivity index (χ1) is 8.19. The van der Waals surface area contributed by atoms with E-state index in [9.17, 15) is 4.79 Å². The smallest absolute Gasteiger partial charge is 0.415 e. The lowest BCUT2D eigenvalue weighted by Crippen LogP contribution is -2.33. The van der Waals surface area contributed by atoms with E-state index < -0.39 is 0 Å². The zero-order valence-corrected chi connectivity index (χ0v) is 9.76. The molecule has 0 spiro atoms. The maximum absolute atomic E-state index is 11.7. The molecular formula is C12H16N2O3. The van der Waals surface area contributed by atoms with Crippen LogP contribution in [0.5, 0.6) is 11.5 Å². The molecule has 1 saturated heterocycles. The summed E-state index contributed by atoms with van der Waals surface area (Å²) in [4.78, 5) is 13.4. The molecule has 1 unspecified atom stereocenters. The van der Waals surface area contributed by atoms with Crippen LogP contribution in [0.25, 0.3) is 0 Å². The molecule has 5 nitrogen and oxygen atoms in total. The standard InChI is InChI=1S/C12H16N2O3/c1-16-10-2-4-11(5-3-10)17-12(15)14-7-6-9(13)8-14/h2-5,9H,6-8,13H2,1H3. The molecule has 17 heavy (non-hydrogen) atoms. The Kier molecular flexibility index (Phi) is 3.49. The molecule has 2 rings (SSSR count). The van der Waals surface area contributed by atoms with Gasteiger partial charge in [0.2, 0.25) is 0 Å². The lowest BCUT2D eigenvalue weighted by atomic mass is 10.3. The number of amides is 1. The SMILES string of the molecule is COc1ccc(OC(=O)N2CCC(N)C2)cc1. The molecule has 1 amide bonds. The van der Waals surface area contributed by atoms with Crippen LogP contribution >= 0.6 is 0 Å². The molecule has 92 valence electrons. The number of benzene rings is 1. The van der Waals surface area contributed by atoms with Crippen molar-refractivity contribution in [2.75, 3.05) is 20.2 Å². The number of nitrogens with zero attached hydrogens (tertiary/aromatic N) is 1. The Bertz CT molecular complexity index is 391. The molecule has 1 aromatic carbocycles. The molecule has 1 heterocycles. The Morgan fingerprint density at radius 3 is 2.53 bits per heavy atom. The van der Waals surface area contributed by atoms with Crippen LogP contribution in [0.2, 0.25) is 0 Å². The fourth-order valence-electron chi connectivity index (χ4n) is 1.76. The normalized spacial score (nSPS) is 19.2. The molecular weight excluding hydrogens is 220 g/mol. The van der Waals surface area contributed by atoms with E-state index in [1.54, 1.807) is 36.3 Å². The Hall–Kier alpha value is -1.75. The molecule has 1 aliphatic rings. The van der Waals surface area contributed by atoms with Crippen molar-refractivity contribution in [3.8, 4) is 11.5 Å². The third-order valence-electron chi connectivity index (χ3n) is 2.75. The van der Waals surface area contributed by atoms with E-state index in [-0.39, 0.29) is 12.1 Å². The van der Waals surface area contributed by atoms with Crippen LogP contribution in [0, 0.1) is 0 Å². The van der Waals surface area contributed by atoms with Crippen molar-refractivity contribution in [1.29, 1.82) is 0 Å². The highest BCUT2D eigenvalue weighted by molar-refractivity contribution is 5.71. The second kappa shape index (κ2) is 5.05. The van der Waals surface area contributed by atoms with Crippen LogP contribution in [0.1, 0.15) is 6.42 Å². The van der Waals surface area contributed by atoms with Crippen LogP contribution in [0.15, 0.2) is 24.3 Å². The van der Waals surface area contributed by atoms with Crippen LogP contribution in [-0.2, 0) is 0 Å². The molecule has 0 aromatic heterocycles. The summed E-state index contributed by atoms with van der Waals surface area (Å²) >= 11 is 0. The van der Waals surface area contributed by atoms with Gasteiger partial charge in [0.1, 0.15) is 11.5 Å². The van der Waals surface area contributed by atoms with Crippen molar-refractivity contribution < 1.29 is 14.3 Å². The highest BCUT2D eigenvalue weighted by atomic mass is 16.6. The van der Waals surface area contributed by atoms with Crippen LogP contribution < -0.4 is 15.2 Å². The molecule has 0 bridgehead atoms. The van der Waals surface area contributed by atoms with E-state index >= 15 is 0 Å². The summed E-state index contributed by atoms with van der Waals surface area (Å²) < 4.78 is 10.2. The Balaban J connectivity index is 1.93. The van der Waals surface area contributed by atoms with Crippen molar-refractivity contribution >= 4 is 6.09 Å². The van der Waals surface area contributed by atoms with Gasteiger partial charge in [-0.05, 0) is 30.7 Å². The number of ether oxygens (including phenoxy) is 2. The Labute approximate surface area is 100 Å². The van der Waals surface area contributed by atoms with Crippen molar-refractivity contribution in [2.24, 2.45) is 5.73 Å². The van der Waals surface area contributed by atoms with Crippen molar-refractivity contribution in [3.05, 3.63) is 24.3 Å². The molecule has 1 aliphatic heterocycles. The fraction of sp³-hybridized carbons (Fsp3) is 0.417. The summed E-state index contributed by atoms with van der Waals surface area (Å²) in [7, 11) is 1.59. The van der Waals surface area contributed by atoms with E-state index in [1.807, 2.05) is 0 Å². The highest BCUT2D eigenvalue weighted by Crippen LogP contribution is 2.18. The van der Waals surface area contributed by atoms with Gasteiger partial charge in [-0.25, -0.2) is 4.79 Å². The van der Waals surface area contributed by atoms with Gasteiger partial charge in [0.05, 0.1) is 7.11 Å². The fourth-order valence-corrected chi connectivity index (χ4v) is 1.76. The lowest BCUT2D eigenvalue weighted by molar-refractivity contribution is 0.162. The summed E-state index contributed by atoms with van der Waals surface area (Å²) in [5.41, 5.74) is 5.73. The van der Waals surface area contributed by atoms with Gasteiger partial charge in [-0.1, -0.05) is 0 Å². The summed E-state index contributed by atoms with van der Waals surface area (Å²) in [5.74, 6) is 1.24. The van der Waals surface area contributed by atoms with E-state index in [0.29, 0.717) is 18.8 Å². The first kappa shape index (κ1) is 11.7. The van der Waals surface area contributed by atoms with Crippen molar-refractivity contribution in [2.45, 2.75) is 12.5 Å². The second-order valence-corrected chi connectivity index (χ2v) is 4.04.